The Bertz CT molecular complexity index is 415. The molecule has 1 aromatic rings. The minimum absolute atomic E-state index is 0.0900. The number of benzene rings is 1. The molecule has 0 aromatic heterocycles. The van der Waals surface area contributed by atoms with Gasteiger partial charge in [0.2, 0.25) is 5.91 Å². The van der Waals surface area contributed by atoms with Crippen LogP contribution in [0.4, 0.5) is 14.5 Å². The van der Waals surface area contributed by atoms with Crippen molar-refractivity contribution >= 4 is 39.1 Å². The summed E-state index contributed by atoms with van der Waals surface area (Å²) in [4.78, 5) is 10.9. The summed E-state index contributed by atoms with van der Waals surface area (Å²) in [5.74, 6) is -0.567. The lowest BCUT2D eigenvalue weighted by Gasteiger charge is -2.13. The van der Waals surface area contributed by atoms with Crippen LogP contribution in [0.25, 0.3) is 0 Å². The summed E-state index contributed by atoms with van der Waals surface area (Å²) < 4.78 is 28.8. The molecule has 1 amide bonds. The summed E-state index contributed by atoms with van der Waals surface area (Å²) >= 11 is 8.74. The maximum absolute atomic E-state index is 12.1. The van der Waals surface area contributed by atoms with Crippen molar-refractivity contribution in [2.24, 2.45) is 0 Å². The molecule has 0 spiro atoms. The normalized spacial score (nSPS) is 10.4. The number of halogens is 4. The molecule has 1 aromatic carbocycles. The van der Waals surface area contributed by atoms with Crippen LogP contribution < -0.4 is 10.1 Å². The second kappa shape index (κ2) is 5.45. The molecule has 0 saturated carbocycles. The molecule has 0 aliphatic rings. The fraction of sp³-hybridized carbons (Fsp3) is 0.222. The van der Waals surface area contributed by atoms with E-state index in [1.165, 1.54) is 19.1 Å². The highest BCUT2D eigenvalue weighted by molar-refractivity contribution is 9.10. The molecule has 16 heavy (non-hydrogen) atoms. The number of carbonyl (C=O) groups excluding carboxylic acids is 1. The number of anilines is 1. The Kier molecular flexibility index (Phi) is 4.49. The number of hydrogen-bond acceptors (Lipinski definition) is 2. The number of hydrogen-bond donors (Lipinski definition) is 1. The molecule has 7 heteroatoms. The number of nitrogens with one attached hydrogen (secondary N) is 1. The van der Waals surface area contributed by atoms with E-state index in [1.54, 1.807) is 0 Å². The Labute approximate surface area is 104 Å². The van der Waals surface area contributed by atoms with Crippen molar-refractivity contribution in [1.29, 1.82) is 0 Å². The highest BCUT2D eigenvalue weighted by Gasteiger charge is 2.15. The predicted octanol–water partition coefficient (Wildman–Crippen LogP) is 3.66. The topological polar surface area (TPSA) is 38.3 Å². The first-order valence-corrected chi connectivity index (χ1v) is 5.28. The average Bonchev–Trinajstić information content (AvgIpc) is 2.09. The van der Waals surface area contributed by atoms with E-state index < -0.39 is 12.5 Å². The van der Waals surface area contributed by atoms with E-state index in [-0.39, 0.29) is 20.9 Å². The van der Waals surface area contributed by atoms with Crippen molar-refractivity contribution in [1.82, 2.24) is 0 Å². The monoisotopic (exact) mass is 313 g/mol. The number of carbonyl (C=O) groups is 1. The van der Waals surface area contributed by atoms with Crippen molar-refractivity contribution in [2.75, 3.05) is 5.32 Å². The van der Waals surface area contributed by atoms with Gasteiger partial charge < -0.3 is 10.1 Å². The lowest BCUT2D eigenvalue weighted by Crippen LogP contribution is -2.10. The Morgan fingerprint density at radius 3 is 2.69 bits per heavy atom. The smallest absolute Gasteiger partial charge is 0.387 e. The summed E-state index contributed by atoms with van der Waals surface area (Å²) in [6.07, 6.45) is 0. The first-order valence-electron chi connectivity index (χ1n) is 4.11. The summed E-state index contributed by atoms with van der Waals surface area (Å²) in [5, 5.41) is 2.64. The third kappa shape index (κ3) is 3.61. The number of amides is 1. The molecule has 0 saturated heterocycles. The standard InChI is InChI=1S/C9H7BrClF2NO2/c1-4(15)14-7-3-5(11)2-6(10)8(7)16-9(12)13/h2-3,9H,1H3,(H,14,15). The second-order valence-electron chi connectivity index (χ2n) is 2.82. The molecule has 3 nitrogen and oxygen atoms in total. The Balaban J connectivity index is 3.15. The van der Waals surface area contributed by atoms with E-state index in [0.717, 1.165) is 0 Å². The zero-order valence-corrected chi connectivity index (χ0v) is 10.4. The molecule has 0 heterocycles. The highest BCUT2D eigenvalue weighted by atomic mass is 79.9. The molecule has 0 unspecified atom stereocenters. The Morgan fingerprint density at radius 1 is 1.56 bits per heavy atom. The molecule has 0 aliphatic heterocycles. The highest BCUT2D eigenvalue weighted by Crippen LogP contribution is 2.37. The van der Waals surface area contributed by atoms with Gasteiger partial charge in [-0.1, -0.05) is 11.6 Å². The first kappa shape index (κ1) is 13.2. The van der Waals surface area contributed by atoms with Gasteiger partial charge in [-0.2, -0.15) is 8.78 Å². The molecule has 1 rings (SSSR count). The maximum atomic E-state index is 12.1. The third-order valence-corrected chi connectivity index (χ3v) is 2.33. The fourth-order valence-electron chi connectivity index (χ4n) is 1.05. The van der Waals surface area contributed by atoms with Gasteiger partial charge in [0.1, 0.15) is 0 Å². The van der Waals surface area contributed by atoms with Gasteiger partial charge in [-0.05, 0) is 28.1 Å². The van der Waals surface area contributed by atoms with Gasteiger partial charge in [0.15, 0.2) is 5.75 Å². The van der Waals surface area contributed by atoms with Crippen LogP contribution >= 0.6 is 27.5 Å². The minimum atomic E-state index is -2.98. The minimum Gasteiger partial charge on any atom is -0.431 e. The van der Waals surface area contributed by atoms with Crippen LogP contribution in [0.3, 0.4) is 0 Å². The average molecular weight is 315 g/mol. The molecule has 0 atom stereocenters. The van der Waals surface area contributed by atoms with Crippen LogP contribution in [0.5, 0.6) is 5.75 Å². The zero-order chi connectivity index (χ0) is 12.3. The van der Waals surface area contributed by atoms with E-state index in [0.29, 0.717) is 0 Å². The van der Waals surface area contributed by atoms with Gasteiger partial charge in [0, 0.05) is 11.9 Å². The molecule has 0 aliphatic carbocycles. The van der Waals surface area contributed by atoms with Crippen LogP contribution in [0.1, 0.15) is 6.92 Å². The lowest BCUT2D eigenvalue weighted by molar-refractivity contribution is -0.114. The van der Waals surface area contributed by atoms with Gasteiger partial charge in [0.25, 0.3) is 0 Å². The van der Waals surface area contributed by atoms with Gasteiger partial charge in [-0.25, -0.2) is 0 Å². The van der Waals surface area contributed by atoms with E-state index >= 15 is 0 Å². The van der Waals surface area contributed by atoms with Crippen molar-refractivity contribution in [3.8, 4) is 5.75 Å². The largest absolute Gasteiger partial charge is 0.431 e. The SMILES string of the molecule is CC(=O)Nc1cc(Cl)cc(Br)c1OC(F)F. The molecule has 1 N–H and O–H groups in total. The first-order chi connectivity index (χ1) is 7.40. The van der Waals surface area contributed by atoms with E-state index in [1.807, 2.05) is 0 Å². The van der Waals surface area contributed by atoms with Crippen molar-refractivity contribution in [3.63, 3.8) is 0 Å². The van der Waals surface area contributed by atoms with Gasteiger partial charge in [-0.15, -0.1) is 0 Å². The molecule has 0 fully saturated rings. The van der Waals surface area contributed by atoms with Crippen LogP contribution in [0.2, 0.25) is 5.02 Å². The number of ether oxygens (including phenoxy) is 1. The number of rotatable bonds is 3. The second-order valence-corrected chi connectivity index (χ2v) is 4.11. The maximum Gasteiger partial charge on any atom is 0.387 e. The quantitative estimate of drug-likeness (QED) is 0.924. The van der Waals surface area contributed by atoms with E-state index in [9.17, 15) is 13.6 Å². The van der Waals surface area contributed by atoms with Crippen LogP contribution in [0, 0.1) is 0 Å². The van der Waals surface area contributed by atoms with E-state index in [4.69, 9.17) is 11.6 Å². The summed E-state index contributed by atoms with van der Waals surface area (Å²) in [5.41, 5.74) is 0.0900. The third-order valence-electron chi connectivity index (χ3n) is 1.53. The van der Waals surface area contributed by atoms with Crippen LogP contribution in [-0.2, 0) is 4.79 Å². The summed E-state index contributed by atoms with van der Waals surface area (Å²) in [6.45, 7) is -1.73. The molecule has 0 bridgehead atoms. The molecule has 0 radical (unpaired) electrons. The number of alkyl halides is 2. The summed E-state index contributed by atoms with van der Waals surface area (Å²) in [7, 11) is 0. The zero-order valence-electron chi connectivity index (χ0n) is 8.06. The Morgan fingerprint density at radius 2 is 2.19 bits per heavy atom. The van der Waals surface area contributed by atoms with Crippen molar-refractivity contribution < 1.29 is 18.3 Å². The lowest BCUT2D eigenvalue weighted by atomic mass is 10.3. The van der Waals surface area contributed by atoms with E-state index in [2.05, 4.69) is 26.0 Å². The van der Waals surface area contributed by atoms with Gasteiger partial charge >= 0.3 is 6.61 Å². The molecule has 88 valence electrons. The Hall–Kier alpha value is -0.880. The van der Waals surface area contributed by atoms with Crippen molar-refractivity contribution in [2.45, 2.75) is 13.5 Å². The van der Waals surface area contributed by atoms with Gasteiger partial charge in [-0.3, -0.25) is 4.79 Å². The van der Waals surface area contributed by atoms with Crippen LogP contribution in [-0.4, -0.2) is 12.5 Å². The summed E-state index contributed by atoms with van der Waals surface area (Å²) in [6, 6.07) is 2.72. The predicted molar refractivity (Wildman–Crippen MR) is 60.1 cm³/mol. The van der Waals surface area contributed by atoms with Crippen molar-refractivity contribution in [3.05, 3.63) is 21.6 Å². The van der Waals surface area contributed by atoms with Crippen LogP contribution in [0.15, 0.2) is 16.6 Å². The molecular formula is C9H7BrClF2NO2. The van der Waals surface area contributed by atoms with Gasteiger partial charge in [0.05, 0.1) is 10.2 Å². The molecular weight excluding hydrogens is 307 g/mol. The fourth-order valence-corrected chi connectivity index (χ4v) is 1.96.